The zero-order chi connectivity index (χ0) is 20.5. The number of carbonyl (C=O) groups is 1. The van der Waals surface area contributed by atoms with Crippen molar-refractivity contribution in [3.63, 3.8) is 0 Å². The minimum absolute atomic E-state index is 0.0314. The summed E-state index contributed by atoms with van der Waals surface area (Å²) in [4.78, 5) is 25.3. The number of phenolic OH excluding ortho intramolecular Hbond substituents is 1. The first kappa shape index (κ1) is 19.9. The number of phenols is 1. The van der Waals surface area contributed by atoms with E-state index in [9.17, 15) is 9.90 Å². The average Bonchev–Trinajstić information content (AvgIpc) is 3.02. The molecule has 0 amide bonds. The third-order valence-electron chi connectivity index (χ3n) is 4.22. The number of thioether (sulfide) groups is 1. The number of aromatic hydroxyl groups is 1. The van der Waals surface area contributed by atoms with Gasteiger partial charge in [-0.05, 0) is 54.4 Å². The van der Waals surface area contributed by atoms with E-state index in [0.29, 0.717) is 31.1 Å². The van der Waals surface area contributed by atoms with E-state index in [0.717, 1.165) is 0 Å². The molecule has 0 spiro atoms. The van der Waals surface area contributed by atoms with E-state index in [4.69, 9.17) is 16.3 Å². The van der Waals surface area contributed by atoms with Crippen LogP contribution in [-0.4, -0.2) is 25.8 Å². The lowest BCUT2D eigenvalue weighted by molar-refractivity contribution is 0.104. The molecule has 1 atom stereocenters. The summed E-state index contributed by atoms with van der Waals surface area (Å²) in [5.74, 6) is 0.164. The van der Waals surface area contributed by atoms with Crippen LogP contribution in [0.25, 0.3) is 6.08 Å². The first-order valence-corrected chi connectivity index (χ1v) is 10.5. The molecule has 0 radical (unpaired) electrons. The lowest BCUT2D eigenvalue weighted by atomic mass is 10.1. The summed E-state index contributed by atoms with van der Waals surface area (Å²) in [5.41, 5.74) is 1.99. The SMILES string of the molecule is CC(Oc1cc(/C=C2\Sc3ncccc3C2=O)c(Br)cc1O)c1cnc(Cl)nc1. The summed E-state index contributed by atoms with van der Waals surface area (Å²) in [6.45, 7) is 1.81. The van der Waals surface area contributed by atoms with Gasteiger partial charge < -0.3 is 9.84 Å². The lowest BCUT2D eigenvalue weighted by Crippen LogP contribution is -2.05. The maximum atomic E-state index is 12.6. The highest BCUT2D eigenvalue weighted by Crippen LogP contribution is 2.41. The second kappa shape index (κ2) is 8.14. The van der Waals surface area contributed by atoms with Gasteiger partial charge >= 0.3 is 0 Å². The molecule has 6 nitrogen and oxygen atoms in total. The number of nitrogens with zero attached hydrogens (tertiary/aromatic N) is 3. The van der Waals surface area contributed by atoms with E-state index in [2.05, 4.69) is 30.9 Å². The standard InChI is InChI=1S/C20H13BrClN3O3S/c1-10(12-8-24-20(22)25-9-12)28-16-5-11(14(21)7-15(16)26)6-17-18(27)13-3-2-4-23-19(13)29-17/h2-10,26H,1H3/b17-6-. The Morgan fingerprint density at radius 1 is 1.28 bits per heavy atom. The summed E-state index contributed by atoms with van der Waals surface area (Å²) in [6.07, 6.45) is 6.12. The Morgan fingerprint density at radius 3 is 2.76 bits per heavy atom. The highest BCUT2D eigenvalue weighted by atomic mass is 79.9. The predicted octanol–water partition coefficient (Wildman–Crippen LogP) is 5.46. The third kappa shape index (κ3) is 4.14. The van der Waals surface area contributed by atoms with Crippen molar-refractivity contribution in [3.8, 4) is 11.5 Å². The molecule has 0 aliphatic carbocycles. The van der Waals surface area contributed by atoms with Gasteiger partial charge in [-0.25, -0.2) is 15.0 Å². The minimum atomic E-state index is -0.421. The van der Waals surface area contributed by atoms with Crippen molar-refractivity contribution in [3.05, 3.63) is 74.2 Å². The zero-order valence-corrected chi connectivity index (χ0v) is 18.1. The normalized spacial score (nSPS) is 15.4. The van der Waals surface area contributed by atoms with Crippen LogP contribution in [0.1, 0.15) is 34.5 Å². The van der Waals surface area contributed by atoms with Crippen molar-refractivity contribution in [1.29, 1.82) is 0 Å². The summed E-state index contributed by atoms with van der Waals surface area (Å²) >= 11 is 10.5. The molecule has 29 heavy (non-hydrogen) atoms. The predicted molar refractivity (Wildman–Crippen MR) is 114 cm³/mol. The maximum Gasteiger partial charge on any atom is 0.222 e. The number of allylic oxidation sites excluding steroid dienone is 1. The summed E-state index contributed by atoms with van der Waals surface area (Å²) in [6, 6.07) is 6.70. The number of carbonyl (C=O) groups excluding carboxylic acids is 1. The van der Waals surface area contributed by atoms with Crippen molar-refractivity contribution < 1.29 is 14.6 Å². The van der Waals surface area contributed by atoms with Crippen LogP contribution >= 0.6 is 39.3 Å². The van der Waals surface area contributed by atoms with Crippen LogP contribution in [0, 0.1) is 0 Å². The maximum absolute atomic E-state index is 12.6. The number of aromatic nitrogens is 3. The number of hydrogen-bond acceptors (Lipinski definition) is 7. The quantitative estimate of drug-likeness (QED) is 0.384. The molecule has 0 bridgehead atoms. The molecule has 2 aromatic heterocycles. The van der Waals surface area contributed by atoms with Gasteiger partial charge in [0.15, 0.2) is 11.5 Å². The lowest BCUT2D eigenvalue weighted by Gasteiger charge is -2.16. The molecular formula is C20H13BrClN3O3S. The zero-order valence-electron chi connectivity index (χ0n) is 15.0. The molecule has 3 heterocycles. The van der Waals surface area contributed by atoms with Crippen LogP contribution in [0.5, 0.6) is 11.5 Å². The molecule has 1 N–H and O–H groups in total. The van der Waals surface area contributed by atoms with Crippen LogP contribution in [0.15, 0.2) is 57.3 Å². The van der Waals surface area contributed by atoms with Gasteiger partial charge in [-0.15, -0.1) is 0 Å². The van der Waals surface area contributed by atoms with Crippen LogP contribution in [-0.2, 0) is 0 Å². The molecule has 1 unspecified atom stereocenters. The van der Waals surface area contributed by atoms with E-state index >= 15 is 0 Å². The molecule has 146 valence electrons. The van der Waals surface area contributed by atoms with Crippen molar-refractivity contribution in [1.82, 2.24) is 15.0 Å². The number of fused-ring (bicyclic) bond motifs is 1. The van der Waals surface area contributed by atoms with Crippen LogP contribution < -0.4 is 4.74 Å². The highest BCUT2D eigenvalue weighted by molar-refractivity contribution is 9.10. The number of rotatable bonds is 4. The molecule has 0 saturated carbocycles. The number of ether oxygens (including phenoxy) is 1. The molecule has 4 rings (SSSR count). The molecule has 0 fully saturated rings. The molecule has 1 aliphatic heterocycles. The van der Waals surface area contributed by atoms with E-state index in [1.165, 1.54) is 17.8 Å². The molecule has 9 heteroatoms. The first-order chi connectivity index (χ1) is 13.9. The average molecular weight is 491 g/mol. The van der Waals surface area contributed by atoms with Gasteiger partial charge in [0.25, 0.3) is 0 Å². The van der Waals surface area contributed by atoms with Crippen molar-refractivity contribution in [2.45, 2.75) is 18.1 Å². The number of halogens is 2. The van der Waals surface area contributed by atoms with Crippen LogP contribution in [0.3, 0.4) is 0 Å². The number of hydrogen-bond donors (Lipinski definition) is 1. The molecule has 1 aliphatic rings. The Kier molecular flexibility index (Phi) is 5.58. The van der Waals surface area contributed by atoms with Crippen LogP contribution in [0.2, 0.25) is 5.28 Å². The van der Waals surface area contributed by atoms with Gasteiger partial charge in [0.1, 0.15) is 11.1 Å². The van der Waals surface area contributed by atoms with Crippen molar-refractivity contribution in [2.24, 2.45) is 0 Å². The number of pyridine rings is 1. The molecular weight excluding hydrogens is 478 g/mol. The van der Waals surface area contributed by atoms with Gasteiger partial charge in [0, 0.05) is 28.6 Å². The number of Topliss-reactive ketones (excluding diaryl/α,β-unsaturated/α-hetero) is 1. The van der Waals surface area contributed by atoms with Crippen molar-refractivity contribution in [2.75, 3.05) is 0 Å². The topological polar surface area (TPSA) is 85.2 Å². The van der Waals surface area contributed by atoms with Crippen LogP contribution in [0.4, 0.5) is 0 Å². The van der Waals surface area contributed by atoms with Gasteiger partial charge in [0.2, 0.25) is 11.1 Å². The molecule has 0 saturated heterocycles. The molecule has 3 aromatic rings. The summed E-state index contributed by atoms with van der Waals surface area (Å²) in [5, 5.41) is 11.1. The van der Waals surface area contributed by atoms with Gasteiger partial charge in [0.05, 0.1) is 10.5 Å². The Morgan fingerprint density at radius 2 is 2.03 bits per heavy atom. The number of benzene rings is 1. The molecule has 1 aromatic carbocycles. The Balaban J connectivity index is 1.63. The highest BCUT2D eigenvalue weighted by Gasteiger charge is 2.27. The Hall–Kier alpha value is -2.42. The fourth-order valence-corrected chi connectivity index (χ4v) is 4.24. The summed E-state index contributed by atoms with van der Waals surface area (Å²) < 4.78 is 6.53. The van der Waals surface area contributed by atoms with Crippen molar-refractivity contribution >= 4 is 51.2 Å². The monoisotopic (exact) mass is 489 g/mol. The van der Waals surface area contributed by atoms with Gasteiger partial charge in [-0.2, -0.15) is 0 Å². The Bertz CT molecular complexity index is 1140. The summed E-state index contributed by atoms with van der Waals surface area (Å²) in [7, 11) is 0. The van der Waals surface area contributed by atoms with E-state index in [1.807, 2.05) is 6.92 Å². The van der Waals surface area contributed by atoms with Gasteiger partial charge in [-0.3, -0.25) is 4.79 Å². The first-order valence-electron chi connectivity index (χ1n) is 8.48. The fourth-order valence-electron chi connectivity index (χ4n) is 2.72. The minimum Gasteiger partial charge on any atom is -0.504 e. The second-order valence-corrected chi connectivity index (χ2v) is 8.41. The Labute approximate surface area is 184 Å². The third-order valence-corrected chi connectivity index (χ3v) is 6.15. The second-order valence-electron chi connectivity index (χ2n) is 6.18. The number of ketones is 1. The largest absolute Gasteiger partial charge is 0.504 e. The fraction of sp³-hybridized carbons (Fsp3) is 0.100. The van der Waals surface area contributed by atoms with E-state index in [1.54, 1.807) is 42.9 Å². The van der Waals surface area contributed by atoms with E-state index in [-0.39, 0.29) is 22.6 Å². The smallest absolute Gasteiger partial charge is 0.222 e. The van der Waals surface area contributed by atoms with E-state index < -0.39 is 6.10 Å². The van der Waals surface area contributed by atoms with Gasteiger partial charge in [-0.1, -0.05) is 27.7 Å².